The van der Waals surface area contributed by atoms with Crippen molar-refractivity contribution in [2.75, 3.05) is 6.67 Å². The van der Waals surface area contributed by atoms with Crippen LogP contribution in [0.4, 0.5) is 17.6 Å². The molecule has 2 aromatic rings. The number of alkyl halides is 1. The summed E-state index contributed by atoms with van der Waals surface area (Å²) in [6.45, 7) is -0.389. The minimum Gasteiger partial charge on any atom is -0.247 e. The molecule has 0 saturated heterocycles. The third-order valence-electron chi connectivity index (χ3n) is 5.54. The van der Waals surface area contributed by atoms with Crippen LogP contribution in [-0.4, -0.2) is 6.67 Å². The van der Waals surface area contributed by atoms with Gasteiger partial charge in [0.15, 0.2) is 17.5 Å². The predicted molar refractivity (Wildman–Crippen MR) is 101 cm³/mol. The van der Waals surface area contributed by atoms with Gasteiger partial charge in [0, 0.05) is 0 Å². The third kappa shape index (κ3) is 5.00. The molecule has 1 fully saturated rings. The fraction of sp³-hybridized carbons (Fsp3) is 0.391. The van der Waals surface area contributed by atoms with Gasteiger partial charge >= 0.3 is 0 Å². The maximum absolute atomic E-state index is 13.4. The zero-order valence-corrected chi connectivity index (χ0v) is 15.2. The lowest BCUT2D eigenvalue weighted by atomic mass is 9.77. The quantitative estimate of drug-likeness (QED) is 0.281. The first-order valence-electron chi connectivity index (χ1n) is 9.54. The van der Waals surface area contributed by atoms with Gasteiger partial charge in [-0.25, -0.2) is 17.6 Å². The highest BCUT2D eigenvalue weighted by molar-refractivity contribution is 5.64. The van der Waals surface area contributed by atoms with Crippen molar-refractivity contribution in [3.8, 4) is 11.1 Å². The van der Waals surface area contributed by atoms with Crippen LogP contribution in [0.25, 0.3) is 11.1 Å². The van der Waals surface area contributed by atoms with E-state index in [2.05, 4.69) is 0 Å². The summed E-state index contributed by atoms with van der Waals surface area (Å²) in [5, 5.41) is 0. The maximum atomic E-state index is 13.4. The van der Waals surface area contributed by atoms with E-state index in [1.807, 2.05) is 30.3 Å². The van der Waals surface area contributed by atoms with Gasteiger partial charge < -0.3 is 0 Å². The van der Waals surface area contributed by atoms with E-state index in [0.29, 0.717) is 23.0 Å². The van der Waals surface area contributed by atoms with Crippen LogP contribution in [0.2, 0.25) is 0 Å². The lowest BCUT2D eigenvalue weighted by Crippen LogP contribution is -2.13. The molecule has 0 heterocycles. The Hall–Kier alpha value is -2.10. The molecule has 144 valence electrons. The van der Waals surface area contributed by atoms with Crippen LogP contribution in [0, 0.1) is 23.4 Å². The summed E-state index contributed by atoms with van der Waals surface area (Å²) in [7, 11) is 0. The summed E-state index contributed by atoms with van der Waals surface area (Å²) in [6, 6.07) is 9.74. The van der Waals surface area contributed by atoms with E-state index < -0.39 is 17.5 Å². The van der Waals surface area contributed by atoms with E-state index >= 15 is 0 Å². The number of allylic oxidation sites excluding steroid dienone is 2. The highest BCUT2D eigenvalue weighted by Gasteiger charge is 2.22. The van der Waals surface area contributed by atoms with Crippen molar-refractivity contribution in [3.63, 3.8) is 0 Å². The smallest absolute Gasteiger partial charge is 0.194 e. The Balaban J connectivity index is 1.59. The number of halogens is 4. The SMILES string of the molecule is FCC=CCCC1CCC(c2ccc(-c3cc(F)c(F)c(F)c3)cc2)CC1. The first kappa shape index (κ1) is 19.7. The fourth-order valence-corrected chi connectivity index (χ4v) is 3.97. The van der Waals surface area contributed by atoms with Gasteiger partial charge in [0.25, 0.3) is 0 Å². The molecule has 0 aliphatic heterocycles. The van der Waals surface area contributed by atoms with Gasteiger partial charge in [0.1, 0.15) is 6.67 Å². The van der Waals surface area contributed by atoms with Gasteiger partial charge in [-0.05, 0) is 79.2 Å². The molecule has 0 atom stereocenters. The summed E-state index contributed by atoms with van der Waals surface area (Å²) in [6.07, 6.45) is 10.1. The zero-order valence-electron chi connectivity index (χ0n) is 15.2. The highest BCUT2D eigenvalue weighted by atomic mass is 19.2. The van der Waals surface area contributed by atoms with Crippen LogP contribution >= 0.6 is 0 Å². The van der Waals surface area contributed by atoms with Gasteiger partial charge in [0.2, 0.25) is 0 Å². The normalized spacial score (nSPS) is 20.3. The molecule has 2 aromatic carbocycles. The van der Waals surface area contributed by atoms with E-state index in [9.17, 15) is 17.6 Å². The molecule has 0 nitrogen and oxygen atoms in total. The van der Waals surface area contributed by atoms with E-state index in [0.717, 1.165) is 37.8 Å². The molecule has 1 aliphatic rings. The lowest BCUT2D eigenvalue weighted by molar-refractivity contribution is 0.312. The molecule has 0 unspecified atom stereocenters. The molecule has 0 amide bonds. The largest absolute Gasteiger partial charge is 0.247 e. The average Bonchev–Trinajstić information content (AvgIpc) is 2.70. The molecule has 1 aliphatic carbocycles. The van der Waals surface area contributed by atoms with Crippen molar-refractivity contribution in [2.24, 2.45) is 5.92 Å². The Bertz CT molecular complexity index is 748. The minimum atomic E-state index is -1.44. The molecular formula is C23H24F4. The van der Waals surface area contributed by atoms with Crippen molar-refractivity contribution in [1.29, 1.82) is 0 Å². The predicted octanol–water partition coefficient (Wildman–Crippen LogP) is 7.35. The van der Waals surface area contributed by atoms with Crippen molar-refractivity contribution in [1.82, 2.24) is 0 Å². The monoisotopic (exact) mass is 376 g/mol. The molecule has 0 aromatic heterocycles. The summed E-state index contributed by atoms with van der Waals surface area (Å²) in [4.78, 5) is 0. The lowest BCUT2D eigenvalue weighted by Gasteiger charge is -2.28. The Kier molecular flexibility index (Phi) is 6.70. The van der Waals surface area contributed by atoms with Crippen LogP contribution in [0.5, 0.6) is 0 Å². The van der Waals surface area contributed by atoms with Gasteiger partial charge in [-0.1, -0.05) is 36.4 Å². The summed E-state index contributed by atoms with van der Waals surface area (Å²) >= 11 is 0. The molecular weight excluding hydrogens is 352 g/mol. The van der Waals surface area contributed by atoms with Crippen molar-refractivity contribution in [3.05, 3.63) is 71.6 Å². The molecule has 0 N–H and O–H groups in total. The average molecular weight is 376 g/mol. The van der Waals surface area contributed by atoms with E-state index in [1.165, 1.54) is 18.4 Å². The van der Waals surface area contributed by atoms with Gasteiger partial charge in [-0.3, -0.25) is 0 Å². The summed E-state index contributed by atoms with van der Waals surface area (Å²) in [5.41, 5.74) is 2.24. The van der Waals surface area contributed by atoms with Crippen molar-refractivity contribution in [2.45, 2.75) is 44.4 Å². The molecule has 27 heavy (non-hydrogen) atoms. The Morgan fingerprint density at radius 3 is 2.04 bits per heavy atom. The third-order valence-corrected chi connectivity index (χ3v) is 5.54. The van der Waals surface area contributed by atoms with E-state index in [4.69, 9.17) is 0 Å². The van der Waals surface area contributed by atoms with Crippen LogP contribution in [0.3, 0.4) is 0 Å². The highest BCUT2D eigenvalue weighted by Crippen LogP contribution is 2.38. The number of benzene rings is 2. The molecule has 0 bridgehead atoms. The van der Waals surface area contributed by atoms with Crippen molar-refractivity contribution < 1.29 is 17.6 Å². The second-order valence-electron chi connectivity index (χ2n) is 7.30. The summed E-state index contributed by atoms with van der Waals surface area (Å²) < 4.78 is 52.0. The molecule has 4 heteroatoms. The first-order valence-corrected chi connectivity index (χ1v) is 9.54. The Labute approximate surface area is 157 Å². The summed E-state index contributed by atoms with van der Waals surface area (Å²) in [5.74, 6) is -2.58. The van der Waals surface area contributed by atoms with Crippen LogP contribution in [0.15, 0.2) is 48.6 Å². The van der Waals surface area contributed by atoms with Crippen LogP contribution in [0.1, 0.15) is 50.0 Å². The second kappa shape index (κ2) is 9.20. The van der Waals surface area contributed by atoms with Gasteiger partial charge in [-0.2, -0.15) is 0 Å². The topological polar surface area (TPSA) is 0 Å². The second-order valence-corrected chi connectivity index (χ2v) is 7.30. The molecule has 3 rings (SSSR count). The maximum Gasteiger partial charge on any atom is 0.194 e. The minimum absolute atomic E-state index is 0.336. The van der Waals surface area contributed by atoms with Gasteiger partial charge in [-0.15, -0.1) is 0 Å². The zero-order chi connectivity index (χ0) is 19.2. The van der Waals surface area contributed by atoms with E-state index in [-0.39, 0.29) is 6.67 Å². The fourth-order valence-electron chi connectivity index (χ4n) is 3.97. The Morgan fingerprint density at radius 1 is 0.815 bits per heavy atom. The first-order chi connectivity index (χ1) is 13.1. The number of hydrogen-bond donors (Lipinski definition) is 0. The van der Waals surface area contributed by atoms with Crippen LogP contribution < -0.4 is 0 Å². The van der Waals surface area contributed by atoms with E-state index in [1.54, 1.807) is 6.08 Å². The molecule has 1 saturated carbocycles. The van der Waals surface area contributed by atoms with Crippen molar-refractivity contribution >= 4 is 0 Å². The number of rotatable bonds is 6. The Morgan fingerprint density at radius 2 is 1.44 bits per heavy atom. The van der Waals surface area contributed by atoms with Crippen LogP contribution in [-0.2, 0) is 0 Å². The molecule has 0 spiro atoms. The number of hydrogen-bond acceptors (Lipinski definition) is 0. The standard InChI is InChI=1S/C23H24F4/c24-13-3-1-2-4-16-5-7-17(8-6-16)18-9-11-19(12-10-18)20-14-21(25)23(27)22(26)15-20/h1,3,9-12,14-17H,2,4-8,13H2. The molecule has 0 radical (unpaired) electrons. The van der Waals surface area contributed by atoms with Gasteiger partial charge in [0.05, 0.1) is 0 Å².